The molecule has 0 amide bonds. The molecule has 1 aromatic carbocycles. The highest BCUT2D eigenvalue weighted by Crippen LogP contribution is 2.18. The monoisotopic (exact) mass is 289 g/mol. The van der Waals surface area contributed by atoms with Gasteiger partial charge in [0.15, 0.2) is 12.2 Å². The molecular formula is C16H19NO4. The molecule has 21 heavy (non-hydrogen) atoms. The minimum absolute atomic E-state index is 0.0166. The lowest BCUT2D eigenvalue weighted by molar-refractivity contribution is -0.139. The molecule has 2 rings (SSSR count). The number of hydrogen-bond donors (Lipinski definition) is 1. The quantitative estimate of drug-likeness (QED) is 0.638. The number of rotatable bonds is 6. The molecule has 1 heterocycles. The second-order valence-corrected chi connectivity index (χ2v) is 4.83. The first kappa shape index (κ1) is 15.1. The maximum absolute atomic E-state index is 11.8. The van der Waals surface area contributed by atoms with Gasteiger partial charge in [-0.25, -0.2) is 4.79 Å². The van der Waals surface area contributed by atoms with Crippen LogP contribution in [0.4, 0.5) is 0 Å². The lowest BCUT2D eigenvalue weighted by Gasteiger charge is -2.14. The maximum atomic E-state index is 11.8. The molecule has 1 aliphatic heterocycles. The number of carbonyl (C=O) groups is 2. The minimum Gasteiger partial charge on any atom is -0.470 e. The molecule has 1 aliphatic rings. The Morgan fingerprint density at radius 1 is 1.38 bits per heavy atom. The first-order valence-corrected chi connectivity index (χ1v) is 6.99. The van der Waals surface area contributed by atoms with Crippen molar-refractivity contribution in [1.82, 2.24) is 5.32 Å². The van der Waals surface area contributed by atoms with Crippen LogP contribution < -0.4 is 5.32 Å². The second kappa shape index (κ2) is 6.92. The molecule has 1 atom stereocenters. The van der Waals surface area contributed by atoms with Crippen molar-refractivity contribution in [3.8, 4) is 0 Å². The summed E-state index contributed by atoms with van der Waals surface area (Å²) in [5, 5.41) is 3.04. The number of ketones is 1. The van der Waals surface area contributed by atoms with Crippen molar-refractivity contribution in [2.45, 2.75) is 19.8 Å². The standard InChI is InChI=1S/C16H19NO4/c1-3-20-16(19)14-13(18)10-21-15(14)17-9-11(2)12-7-5-4-6-8-12/h4-8,11,17H,3,9-10H2,1-2H3. The summed E-state index contributed by atoms with van der Waals surface area (Å²) in [6, 6.07) is 9.99. The third-order valence-electron chi connectivity index (χ3n) is 3.27. The Bertz CT molecular complexity index is 551. The minimum atomic E-state index is -0.630. The second-order valence-electron chi connectivity index (χ2n) is 4.83. The number of benzene rings is 1. The summed E-state index contributed by atoms with van der Waals surface area (Å²) in [6.07, 6.45) is 0. The van der Waals surface area contributed by atoms with Crippen molar-refractivity contribution in [3.63, 3.8) is 0 Å². The van der Waals surface area contributed by atoms with E-state index >= 15 is 0 Å². The molecule has 0 aromatic heterocycles. The van der Waals surface area contributed by atoms with Gasteiger partial charge < -0.3 is 14.8 Å². The van der Waals surface area contributed by atoms with Crippen LogP contribution >= 0.6 is 0 Å². The van der Waals surface area contributed by atoms with Crippen LogP contribution in [0, 0.1) is 0 Å². The number of ether oxygens (including phenoxy) is 2. The zero-order valence-electron chi connectivity index (χ0n) is 12.2. The summed E-state index contributed by atoms with van der Waals surface area (Å²) in [7, 11) is 0. The Morgan fingerprint density at radius 3 is 2.76 bits per heavy atom. The third kappa shape index (κ3) is 3.62. The molecule has 0 aliphatic carbocycles. The molecule has 112 valence electrons. The Balaban J connectivity index is 2.03. The van der Waals surface area contributed by atoms with Crippen LogP contribution in [0.1, 0.15) is 25.3 Å². The van der Waals surface area contributed by atoms with Gasteiger partial charge in [-0.3, -0.25) is 4.79 Å². The van der Waals surface area contributed by atoms with Crippen LogP contribution in [0.2, 0.25) is 0 Å². The zero-order valence-corrected chi connectivity index (χ0v) is 12.2. The molecule has 0 fully saturated rings. The van der Waals surface area contributed by atoms with Gasteiger partial charge in [0.2, 0.25) is 11.7 Å². The van der Waals surface area contributed by atoms with Crippen LogP contribution in [0.25, 0.3) is 0 Å². The Kier molecular flexibility index (Phi) is 4.98. The average molecular weight is 289 g/mol. The molecule has 5 nitrogen and oxygen atoms in total. The summed E-state index contributed by atoms with van der Waals surface area (Å²) >= 11 is 0. The topological polar surface area (TPSA) is 64.6 Å². The van der Waals surface area contributed by atoms with Gasteiger partial charge in [0.1, 0.15) is 0 Å². The van der Waals surface area contributed by atoms with Crippen molar-refractivity contribution in [2.75, 3.05) is 19.8 Å². The Hall–Kier alpha value is -2.30. The largest absolute Gasteiger partial charge is 0.470 e. The smallest absolute Gasteiger partial charge is 0.347 e. The van der Waals surface area contributed by atoms with Crippen LogP contribution in [0.15, 0.2) is 41.8 Å². The highest BCUT2D eigenvalue weighted by molar-refractivity contribution is 6.19. The van der Waals surface area contributed by atoms with Gasteiger partial charge in [-0.1, -0.05) is 37.3 Å². The summed E-state index contributed by atoms with van der Waals surface area (Å²) < 4.78 is 10.1. The molecule has 0 saturated carbocycles. The number of hydrogen-bond acceptors (Lipinski definition) is 5. The van der Waals surface area contributed by atoms with Crippen molar-refractivity contribution in [3.05, 3.63) is 47.4 Å². The highest BCUT2D eigenvalue weighted by Gasteiger charge is 2.32. The van der Waals surface area contributed by atoms with Crippen molar-refractivity contribution in [1.29, 1.82) is 0 Å². The van der Waals surface area contributed by atoms with Crippen LogP contribution in [0.3, 0.4) is 0 Å². The zero-order chi connectivity index (χ0) is 15.2. The van der Waals surface area contributed by atoms with E-state index in [2.05, 4.69) is 12.2 Å². The van der Waals surface area contributed by atoms with Crippen LogP contribution in [0.5, 0.6) is 0 Å². The van der Waals surface area contributed by atoms with Crippen molar-refractivity contribution in [2.24, 2.45) is 0 Å². The fraction of sp³-hybridized carbons (Fsp3) is 0.375. The lowest BCUT2D eigenvalue weighted by atomic mass is 10.0. The summed E-state index contributed by atoms with van der Waals surface area (Å²) in [5.41, 5.74) is 1.16. The molecule has 0 spiro atoms. The number of nitrogens with one attached hydrogen (secondary N) is 1. The van der Waals surface area contributed by atoms with Gasteiger partial charge in [-0.15, -0.1) is 0 Å². The van der Waals surface area contributed by atoms with E-state index in [-0.39, 0.29) is 36.4 Å². The van der Waals surface area contributed by atoms with Crippen molar-refractivity contribution < 1.29 is 19.1 Å². The Labute approximate surface area is 123 Å². The first-order valence-electron chi connectivity index (χ1n) is 6.99. The predicted octanol–water partition coefficient (Wildman–Crippen LogP) is 1.75. The highest BCUT2D eigenvalue weighted by atomic mass is 16.5. The average Bonchev–Trinajstić information content (AvgIpc) is 2.87. The van der Waals surface area contributed by atoms with E-state index in [9.17, 15) is 9.59 Å². The van der Waals surface area contributed by atoms with Crippen LogP contribution in [-0.4, -0.2) is 31.5 Å². The summed E-state index contributed by atoms with van der Waals surface area (Å²) in [4.78, 5) is 23.5. The normalized spacial score (nSPS) is 15.6. The maximum Gasteiger partial charge on any atom is 0.347 e. The summed E-state index contributed by atoms with van der Waals surface area (Å²) in [6.45, 7) is 4.43. The van der Waals surface area contributed by atoms with Gasteiger partial charge in [0, 0.05) is 6.54 Å². The Morgan fingerprint density at radius 2 is 2.10 bits per heavy atom. The number of carbonyl (C=O) groups excluding carboxylic acids is 2. The van der Waals surface area contributed by atoms with Gasteiger partial charge in [0.25, 0.3) is 0 Å². The van der Waals surface area contributed by atoms with Gasteiger partial charge >= 0.3 is 5.97 Å². The molecule has 1 N–H and O–H groups in total. The first-order chi connectivity index (χ1) is 10.1. The van der Waals surface area contributed by atoms with E-state index in [0.717, 1.165) is 0 Å². The van der Waals surface area contributed by atoms with Crippen molar-refractivity contribution >= 4 is 11.8 Å². The molecule has 5 heteroatoms. The third-order valence-corrected chi connectivity index (χ3v) is 3.27. The molecular weight excluding hydrogens is 270 g/mol. The van der Waals surface area contributed by atoms with E-state index in [1.54, 1.807) is 6.92 Å². The van der Waals surface area contributed by atoms with E-state index < -0.39 is 5.97 Å². The van der Waals surface area contributed by atoms with Gasteiger partial charge in [-0.2, -0.15) is 0 Å². The number of Topliss-reactive ketones (excluding diaryl/α,β-unsaturated/α-hetero) is 1. The van der Waals surface area contributed by atoms with Crippen LogP contribution in [-0.2, 0) is 19.1 Å². The van der Waals surface area contributed by atoms with E-state index in [4.69, 9.17) is 9.47 Å². The summed E-state index contributed by atoms with van der Waals surface area (Å²) in [5.74, 6) is -0.527. The van der Waals surface area contributed by atoms with E-state index in [0.29, 0.717) is 6.54 Å². The lowest BCUT2D eigenvalue weighted by Crippen LogP contribution is -2.23. The molecule has 1 unspecified atom stereocenters. The molecule has 1 aromatic rings. The fourth-order valence-electron chi connectivity index (χ4n) is 2.10. The number of esters is 1. The molecule has 0 radical (unpaired) electrons. The SMILES string of the molecule is CCOC(=O)C1=C(NCC(C)c2ccccc2)OCC1=O. The van der Waals surface area contributed by atoms with E-state index in [1.165, 1.54) is 5.56 Å². The predicted molar refractivity (Wildman–Crippen MR) is 77.5 cm³/mol. The van der Waals surface area contributed by atoms with Gasteiger partial charge in [-0.05, 0) is 18.4 Å². The fourth-order valence-corrected chi connectivity index (χ4v) is 2.10. The molecule has 0 saturated heterocycles. The molecule has 0 bridgehead atoms. The van der Waals surface area contributed by atoms with E-state index in [1.807, 2.05) is 30.3 Å². The van der Waals surface area contributed by atoms with Gasteiger partial charge in [0.05, 0.1) is 6.61 Å².